The molecule has 28 heavy (non-hydrogen) atoms. The van der Waals surface area contributed by atoms with Gasteiger partial charge < -0.3 is 15.1 Å². The Labute approximate surface area is 171 Å². The quantitative estimate of drug-likeness (QED) is 0.819. The topological polar surface area (TPSA) is 48.5 Å². The van der Waals surface area contributed by atoms with Gasteiger partial charge in [-0.25, -0.2) is 4.98 Å². The predicted molar refractivity (Wildman–Crippen MR) is 113 cm³/mol. The van der Waals surface area contributed by atoms with E-state index < -0.39 is 0 Å². The molecule has 0 spiro atoms. The minimum absolute atomic E-state index is 0.0726. The largest absolute Gasteiger partial charge is 0.339 e. The summed E-state index contributed by atoms with van der Waals surface area (Å²) >= 11 is 6.42. The predicted octanol–water partition coefficient (Wildman–Crippen LogP) is 4.57. The third-order valence-electron chi connectivity index (χ3n) is 5.80. The summed E-state index contributed by atoms with van der Waals surface area (Å²) < 4.78 is 0. The Bertz CT molecular complexity index is 799. The number of hydrogen-bond donors (Lipinski definition) is 1. The number of likely N-dealkylation sites (tertiary alicyclic amines) is 2. The fourth-order valence-corrected chi connectivity index (χ4v) is 4.45. The first-order valence-electron chi connectivity index (χ1n) is 10.2. The number of hydrogen-bond acceptors (Lipinski definition) is 4. The van der Waals surface area contributed by atoms with E-state index in [1.165, 1.54) is 32.4 Å². The molecule has 1 amide bonds. The highest BCUT2D eigenvalue weighted by molar-refractivity contribution is 6.33. The molecule has 2 saturated heterocycles. The number of piperidine rings is 2. The maximum Gasteiger partial charge on any atom is 0.253 e. The van der Waals surface area contributed by atoms with E-state index in [2.05, 4.69) is 15.2 Å². The number of nitrogens with one attached hydrogen (secondary N) is 1. The minimum atomic E-state index is 0.0726. The molecule has 4 rings (SSSR count). The molecule has 148 valence electrons. The van der Waals surface area contributed by atoms with E-state index in [0.29, 0.717) is 16.6 Å². The van der Waals surface area contributed by atoms with Gasteiger partial charge in [-0.1, -0.05) is 24.1 Å². The molecule has 0 atom stereocenters. The highest BCUT2D eigenvalue weighted by Gasteiger charge is 2.28. The number of aromatic nitrogens is 1. The van der Waals surface area contributed by atoms with Crippen LogP contribution in [-0.2, 0) is 0 Å². The molecule has 0 bridgehead atoms. The molecule has 5 nitrogen and oxygen atoms in total. The van der Waals surface area contributed by atoms with Gasteiger partial charge in [0.15, 0.2) is 0 Å². The molecule has 0 unspecified atom stereocenters. The second-order valence-corrected chi connectivity index (χ2v) is 8.06. The van der Waals surface area contributed by atoms with Crippen LogP contribution in [0.2, 0.25) is 5.02 Å². The Hall–Kier alpha value is -2.11. The van der Waals surface area contributed by atoms with E-state index in [-0.39, 0.29) is 5.91 Å². The molecule has 6 heteroatoms. The Morgan fingerprint density at radius 2 is 1.82 bits per heavy atom. The molecule has 1 N–H and O–H groups in total. The summed E-state index contributed by atoms with van der Waals surface area (Å²) in [7, 11) is 0. The van der Waals surface area contributed by atoms with Crippen LogP contribution in [0.1, 0.15) is 42.5 Å². The molecule has 0 radical (unpaired) electrons. The number of rotatable bonds is 4. The number of carbonyl (C=O) groups excluding carboxylic acids is 1. The molecule has 3 heterocycles. The molecule has 2 fully saturated rings. The zero-order valence-electron chi connectivity index (χ0n) is 16.1. The van der Waals surface area contributed by atoms with Crippen LogP contribution in [-0.4, -0.2) is 52.9 Å². The second-order valence-electron chi connectivity index (χ2n) is 7.65. The Morgan fingerprint density at radius 3 is 2.50 bits per heavy atom. The van der Waals surface area contributed by atoms with Gasteiger partial charge in [-0.2, -0.15) is 0 Å². The molecule has 1 aromatic heterocycles. The normalized spacial score (nSPS) is 18.8. The number of anilines is 2. The maximum atomic E-state index is 12.9. The zero-order chi connectivity index (χ0) is 19.3. The Kier molecular flexibility index (Phi) is 6.13. The third-order valence-corrected chi connectivity index (χ3v) is 6.12. The molecular formula is C22H27ClN4O. The first-order chi connectivity index (χ1) is 13.7. The highest BCUT2D eigenvalue weighted by atomic mass is 35.5. The van der Waals surface area contributed by atoms with E-state index in [1.54, 1.807) is 12.3 Å². The van der Waals surface area contributed by atoms with Gasteiger partial charge in [0.05, 0.1) is 10.7 Å². The van der Waals surface area contributed by atoms with Gasteiger partial charge in [-0.15, -0.1) is 0 Å². The molecule has 2 aromatic rings. The second kappa shape index (κ2) is 8.93. The van der Waals surface area contributed by atoms with Crippen molar-refractivity contribution in [2.75, 3.05) is 31.5 Å². The number of pyridine rings is 1. The van der Waals surface area contributed by atoms with Crippen LogP contribution in [0.25, 0.3) is 0 Å². The Balaban J connectivity index is 1.36. The van der Waals surface area contributed by atoms with Crippen molar-refractivity contribution >= 4 is 29.0 Å². The van der Waals surface area contributed by atoms with Crippen molar-refractivity contribution < 1.29 is 4.79 Å². The number of nitrogens with zero attached hydrogens (tertiary/aromatic N) is 3. The van der Waals surface area contributed by atoms with Gasteiger partial charge in [0.1, 0.15) is 5.82 Å². The van der Waals surface area contributed by atoms with Gasteiger partial charge in [0, 0.05) is 30.9 Å². The van der Waals surface area contributed by atoms with Crippen molar-refractivity contribution in [2.24, 2.45) is 0 Å². The van der Waals surface area contributed by atoms with E-state index >= 15 is 0 Å². The lowest BCUT2D eigenvalue weighted by Crippen LogP contribution is -2.48. The van der Waals surface area contributed by atoms with E-state index in [9.17, 15) is 4.79 Å². The van der Waals surface area contributed by atoms with Crippen LogP contribution < -0.4 is 5.32 Å². The van der Waals surface area contributed by atoms with Crippen molar-refractivity contribution in [3.63, 3.8) is 0 Å². The standard InChI is InChI=1S/C22H27ClN4O/c23-19-16-17(7-8-20(19)25-21-6-2-3-11-24-21)22(28)27-14-9-18(10-15-27)26-12-4-1-5-13-26/h2-3,6-8,11,16,18H,1,4-5,9-10,12-15H2,(H,24,25). The molecule has 2 aliphatic rings. The maximum absolute atomic E-state index is 12.9. The number of amides is 1. The summed E-state index contributed by atoms with van der Waals surface area (Å²) in [4.78, 5) is 21.8. The summed E-state index contributed by atoms with van der Waals surface area (Å²) in [5.41, 5.74) is 1.40. The van der Waals surface area contributed by atoms with Crippen molar-refractivity contribution in [2.45, 2.75) is 38.1 Å². The fraction of sp³-hybridized carbons (Fsp3) is 0.455. The summed E-state index contributed by atoms with van der Waals surface area (Å²) in [6.07, 6.45) is 7.85. The van der Waals surface area contributed by atoms with Crippen molar-refractivity contribution in [3.8, 4) is 0 Å². The summed E-state index contributed by atoms with van der Waals surface area (Å²) in [5.74, 6) is 0.798. The van der Waals surface area contributed by atoms with Gasteiger partial charge in [-0.3, -0.25) is 4.79 Å². The average molecular weight is 399 g/mol. The fourth-order valence-electron chi connectivity index (χ4n) is 4.22. The summed E-state index contributed by atoms with van der Waals surface area (Å²) in [6, 6.07) is 11.7. The number of carbonyl (C=O) groups is 1. The van der Waals surface area contributed by atoms with E-state index in [0.717, 1.165) is 37.4 Å². The molecule has 0 saturated carbocycles. The molecule has 1 aromatic carbocycles. The van der Waals surface area contributed by atoms with E-state index in [4.69, 9.17) is 11.6 Å². The van der Waals surface area contributed by atoms with Crippen LogP contribution in [0.3, 0.4) is 0 Å². The highest BCUT2D eigenvalue weighted by Crippen LogP contribution is 2.27. The van der Waals surface area contributed by atoms with Crippen LogP contribution in [0.4, 0.5) is 11.5 Å². The monoisotopic (exact) mass is 398 g/mol. The summed E-state index contributed by atoms with van der Waals surface area (Å²) in [5, 5.41) is 3.71. The van der Waals surface area contributed by atoms with Crippen molar-refractivity contribution in [1.82, 2.24) is 14.8 Å². The van der Waals surface area contributed by atoms with Gasteiger partial charge in [-0.05, 0) is 69.1 Å². The van der Waals surface area contributed by atoms with Crippen molar-refractivity contribution in [3.05, 3.63) is 53.2 Å². The molecule has 2 aliphatic heterocycles. The smallest absolute Gasteiger partial charge is 0.253 e. The van der Waals surface area contributed by atoms with Crippen LogP contribution in [0, 0.1) is 0 Å². The lowest BCUT2D eigenvalue weighted by atomic mass is 9.99. The minimum Gasteiger partial charge on any atom is -0.339 e. The van der Waals surface area contributed by atoms with E-state index in [1.807, 2.05) is 35.2 Å². The zero-order valence-corrected chi connectivity index (χ0v) is 16.9. The SMILES string of the molecule is O=C(c1ccc(Nc2ccccn2)c(Cl)c1)N1CCC(N2CCCCC2)CC1. The Morgan fingerprint density at radius 1 is 1.04 bits per heavy atom. The van der Waals surface area contributed by atoms with Crippen LogP contribution in [0.5, 0.6) is 0 Å². The van der Waals surface area contributed by atoms with Crippen LogP contribution >= 0.6 is 11.6 Å². The van der Waals surface area contributed by atoms with Gasteiger partial charge >= 0.3 is 0 Å². The molecule has 0 aliphatic carbocycles. The lowest BCUT2D eigenvalue weighted by Gasteiger charge is -2.40. The lowest BCUT2D eigenvalue weighted by molar-refractivity contribution is 0.0590. The third kappa shape index (κ3) is 4.47. The van der Waals surface area contributed by atoms with Crippen molar-refractivity contribution in [1.29, 1.82) is 0 Å². The number of halogens is 1. The first-order valence-corrected chi connectivity index (χ1v) is 10.6. The van der Waals surface area contributed by atoms with Gasteiger partial charge in [0.25, 0.3) is 5.91 Å². The summed E-state index contributed by atoms with van der Waals surface area (Å²) in [6.45, 7) is 4.09. The first kappa shape index (κ1) is 19.2. The van der Waals surface area contributed by atoms with Gasteiger partial charge in [0.2, 0.25) is 0 Å². The average Bonchev–Trinajstić information content (AvgIpc) is 2.76. The molecular weight excluding hydrogens is 372 g/mol. The van der Waals surface area contributed by atoms with Crippen LogP contribution in [0.15, 0.2) is 42.6 Å². The number of benzene rings is 1.